The summed E-state index contributed by atoms with van der Waals surface area (Å²) in [6.45, 7) is 4.04. The van der Waals surface area contributed by atoms with Crippen LogP contribution in [0.15, 0.2) is 24.3 Å². The van der Waals surface area contributed by atoms with Gasteiger partial charge in [-0.1, -0.05) is 26.0 Å². The number of β-amino-alcohol motifs (C(OH)–C–C–N with tert-alkyl or cyclic N) is 1. The van der Waals surface area contributed by atoms with Crippen LogP contribution in [0.25, 0.3) is 0 Å². The molecule has 0 saturated carbocycles. The Morgan fingerprint density at radius 2 is 2.13 bits per heavy atom. The molecule has 1 aromatic carbocycles. The fraction of sp³-hybridized carbons (Fsp3) is 0.500. The largest absolute Gasteiger partial charge is 0.449 e. The molecule has 0 spiro atoms. The Morgan fingerprint density at radius 1 is 1.43 bits per heavy atom. The zero-order valence-corrected chi connectivity index (χ0v) is 13.2. The van der Waals surface area contributed by atoms with Crippen LogP contribution in [0.5, 0.6) is 0 Å². The number of hydrogen-bond donors (Lipinski definition) is 2. The highest BCUT2D eigenvalue weighted by Crippen LogP contribution is 2.22. The van der Waals surface area contributed by atoms with Gasteiger partial charge in [0, 0.05) is 6.42 Å². The highest BCUT2D eigenvalue weighted by atomic mass is 19.1. The normalized spacial score (nSPS) is 20.7. The molecule has 126 valence electrons. The molecule has 1 aliphatic rings. The quantitative estimate of drug-likeness (QED) is 0.888. The lowest BCUT2D eigenvalue weighted by Gasteiger charge is -2.23. The molecule has 2 N–H and O–H groups in total. The summed E-state index contributed by atoms with van der Waals surface area (Å²) < 4.78 is 18.7. The van der Waals surface area contributed by atoms with Crippen molar-refractivity contribution in [3.63, 3.8) is 0 Å². The lowest BCUT2D eigenvalue weighted by atomic mass is 10.2. The summed E-state index contributed by atoms with van der Waals surface area (Å²) in [4.78, 5) is 25.6. The molecule has 1 fully saturated rings. The van der Waals surface area contributed by atoms with E-state index in [4.69, 9.17) is 4.74 Å². The summed E-state index contributed by atoms with van der Waals surface area (Å²) in [6.07, 6.45) is -1.36. The fourth-order valence-electron chi connectivity index (χ4n) is 2.36. The SMILES string of the molecule is CC(C)COC(=O)N1CC(O)C[C@H]1C(=O)Nc1ccccc1F. The second kappa shape index (κ2) is 7.41. The predicted molar refractivity (Wildman–Crippen MR) is 82.3 cm³/mol. The number of para-hydroxylation sites is 1. The molecule has 7 heteroatoms. The second-order valence-corrected chi connectivity index (χ2v) is 6.00. The van der Waals surface area contributed by atoms with Gasteiger partial charge in [0.25, 0.3) is 0 Å². The van der Waals surface area contributed by atoms with E-state index in [1.54, 1.807) is 6.07 Å². The van der Waals surface area contributed by atoms with Crippen LogP contribution in [0.3, 0.4) is 0 Å². The number of carbonyl (C=O) groups is 2. The van der Waals surface area contributed by atoms with Gasteiger partial charge in [0.1, 0.15) is 11.9 Å². The Kier molecular flexibility index (Phi) is 5.54. The number of anilines is 1. The first-order valence-electron chi connectivity index (χ1n) is 7.55. The first-order chi connectivity index (χ1) is 10.9. The van der Waals surface area contributed by atoms with Gasteiger partial charge >= 0.3 is 6.09 Å². The smallest absolute Gasteiger partial charge is 0.410 e. The first-order valence-corrected chi connectivity index (χ1v) is 7.55. The van der Waals surface area contributed by atoms with E-state index in [9.17, 15) is 19.1 Å². The van der Waals surface area contributed by atoms with Gasteiger partial charge in [-0.3, -0.25) is 9.69 Å². The van der Waals surface area contributed by atoms with E-state index in [0.29, 0.717) is 0 Å². The van der Waals surface area contributed by atoms with Crippen LogP contribution >= 0.6 is 0 Å². The molecule has 1 unspecified atom stereocenters. The molecule has 6 nitrogen and oxygen atoms in total. The summed E-state index contributed by atoms with van der Waals surface area (Å²) in [5.41, 5.74) is 0.0365. The summed E-state index contributed by atoms with van der Waals surface area (Å²) in [5, 5.41) is 12.2. The number of ether oxygens (including phenoxy) is 1. The number of nitrogens with one attached hydrogen (secondary N) is 1. The summed E-state index contributed by atoms with van der Waals surface area (Å²) in [6, 6.07) is 4.88. The van der Waals surface area contributed by atoms with Gasteiger partial charge in [-0.15, -0.1) is 0 Å². The van der Waals surface area contributed by atoms with E-state index in [-0.39, 0.29) is 31.2 Å². The average molecular weight is 324 g/mol. The fourth-order valence-corrected chi connectivity index (χ4v) is 2.36. The third kappa shape index (κ3) is 4.41. The third-order valence-corrected chi connectivity index (χ3v) is 3.49. The number of amides is 2. The van der Waals surface area contributed by atoms with Crippen molar-refractivity contribution in [1.29, 1.82) is 0 Å². The monoisotopic (exact) mass is 324 g/mol. The molecular formula is C16H21FN2O4. The van der Waals surface area contributed by atoms with E-state index < -0.39 is 30.0 Å². The van der Waals surface area contributed by atoms with Crippen LogP contribution in [-0.4, -0.2) is 47.3 Å². The van der Waals surface area contributed by atoms with Crippen molar-refractivity contribution in [2.45, 2.75) is 32.4 Å². The summed E-state index contributed by atoms with van der Waals surface area (Å²) in [5.74, 6) is -0.946. The predicted octanol–water partition coefficient (Wildman–Crippen LogP) is 1.99. The van der Waals surface area contributed by atoms with Gasteiger partial charge < -0.3 is 15.2 Å². The molecule has 0 aliphatic carbocycles. The van der Waals surface area contributed by atoms with Crippen molar-refractivity contribution in [2.24, 2.45) is 5.92 Å². The number of rotatable bonds is 4. The van der Waals surface area contributed by atoms with Crippen LogP contribution in [0.1, 0.15) is 20.3 Å². The molecule has 23 heavy (non-hydrogen) atoms. The number of hydrogen-bond acceptors (Lipinski definition) is 4. The first kappa shape index (κ1) is 17.2. The van der Waals surface area contributed by atoms with Crippen molar-refractivity contribution in [2.75, 3.05) is 18.5 Å². The standard InChI is InChI=1S/C16H21FN2O4/c1-10(2)9-23-16(22)19-8-11(20)7-14(19)15(21)18-13-6-4-3-5-12(13)17/h3-6,10-11,14,20H,7-9H2,1-2H3,(H,18,21)/t11?,14-/m0/s1. The number of halogens is 1. The number of aliphatic hydroxyl groups is 1. The maximum absolute atomic E-state index is 13.6. The van der Waals surface area contributed by atoms with E-state index in [1.165, 1.54) is 23.1 Å². The van der Waals surface area contributed by atoms with E-state index >= 15 is 0 Å². The van der Waals surface area contributed by atoms with Crippen LogP contribution in [0, 0.1) is 11.7 Å². The Morgan fingerprint density at radius 3 is 2.78 bits per heavy atom. The molecule has 0 bridgehead atoms. The van der Waals surface area contributed by atoms with Crippen molar-refractivity contribution >= 4 is 17.7 Å². The molecule has 1 aromatic rings. The van der Waals surface area contributed by atoms with Gasteiger partial charge in [-0.25, -0.2) is 9.18 Å². The van der Waals surface area contributed by atoms with Crippen molar-refractivity contribution < 1.29 is 23.8 Å². The van der Waals surface area contributed by atoms with E-state index in [2.05, 4.69) is 5.32 Å². The third-order valence-electron chi connectivity index (χ3n) is 3.49. The van der Waals surface area contributed by atoms with Gasteiger partial charge in [-0.2, -0.15) is 0 Å². The van der Waals surface area contributed by atoms with Gasteiger partial charge in [0.15, 0.2) is 0 Å². The number of nitrogens with zero attached hydrogens (tertiary/aromatic N) is 1. The molecule has 2 rings (SSSR count). The molecule has 1 aliphatic heterocycles. The lowest BCUT2D eigenvalue weighted by molar-refractivity contribution is -0.120. The molecule has 1 heterocycles. The Labute approximate surface area is 134 Å². The Balaban J connectivity index is 2.05. The molecule has 0 aromatic heterocycles. The van der Waals surface area contributed by atoms with Crippen molar-refractivity contribution in [1.82, 2.24) is 4.90 Å². The maximum Gasteiger partial charge on any atom is 0.410 e. The molecule has 2 atom stereocenters. The van der Waals surface area contributed by atoms with Gasteiger partial charge in [-0.05, 0) is 18.1 Å². The second-order valence-electron chi connectivity index (χ2n) is 6.00. The van der Waals surface area contributed by atoms with Crippen LogP contribution in [-0.2, 0) is 9.53 Å². The highest BCUT2D eigenvalue weighted by Gasteiger charge is 2.40. The molecule has 0 radical (unpaired) electrons. The Bertz CT molecular complexity index is 579. The van der Waals surface area contributed by atoms with E-state index in [0.717, 1.165) is 0 Å². The number of aliphatic hydroxyl groups excluding tert-OH is 1. The van der Waals surface area contributed by atoms with Gasteiger partial charge in [0.05, 0.1) is 24.9 Å². The van der Waals surface area contributed by atoms with Gasteiger partial charge in [0.2, 0.25) is 5.91 Å². The molecular weight excluding hydrogens is 303 g/mol. The summed E-state index contributed by atoms with van der Waals surface area (Å²) in [7, 11) is 0. The summed E-state index contributed by atoms with van der Waals surface area (Å²) >= 11 is 0. The van der Waals surface area contributed by atoms with E-state index in [1.807, 2.05) is 13.8 Å². The van der Waals surface area contributed by atoms with Crippen LogP contribution in [0.4, 0.5) is 14.9 Å². The van der Waals surface area contributed by atoms with Crippen molar-refractivity contribution in [3.8, 4) is 0 Å². The van der Waals surface area contributed by atoms with Crippen molar-refractivity contribution in [3.05, 3.63) is 30.1 Å². The molecule has 1 saturated heterocycles. The minimum atomic E-state index is -0.885. The maximum atomic E-state index is 13.6. The zero-order chi connectivity index (χ0) is 17.0. The van der Waals surface area contributed by atoms with Crippen LogP contribution < -0.4 is 5.32 Å². The van der Waals surface area contributed by atoms with Crippen LogP contribution in [0.2, 0.25) is 0 Å². The minimum absolute atomic E-state index is 0.0201. The number of benzene rings is 1. The molecule has 2 amide bonds. The minimum Gasteiger partial charge on any atom is -0.449 e. The average Bonchev–Trinajstić information content (AvgIpc) is 2.89. The topological polar surface area (TPSA) is 78.9 Å². The Hall–Kier alpha value is -2.15. The number of carbonyl (C=O) groups excluding carboxylic acids is 2. The zero-order valence-electron chi connectivity index (χ0n) is 13.2. The lowest BCUT2D eigenvalue weighted by Crippen LogP contribution is -2.43. The highest BCUT2D eigenvalue weighted by molar-refractivity contribution is 5.97. The number of likely N-dealkylation sites (tertiary alicyclic amines) is 1.